The molecule has 1 atom stereocenters. The van der Waals surface area contributed by atoms with Gasteiger partial charge in [-0.2, -0.15) is 0 Å². The molecule has 0 aliphatic carbocycles. The van der Waals surface area contributed by atoms with Crippen molar-refractivity contribution in [3.05, 3.63) is 34.4 Å². The lowest BCUT2D eigenvalue weighted by molar-refractivity contribution is -0.143. The molecular formula is C14H15BrN2O3. The Balaban J connectivity index is 2.40. The Morgan fingerprint density at radius 1 is 1.45 bits per heavy atom. The molecule has 0 aliphatic rings. The van der Waals surface area contributed by atoms with Gasteiger partial charge in [-0.25, -0.2) is 4.79 Å². The quantitative estimate of drug-likeness (QED) is 0.801. The van der Waals surface area contributed by atoms with E-state index < -0.39 is 17.4 Å². The third-order valence-electron chi connectivity index (χ3n) is 3.47. The predicted octanol–water partition coefficient (Wildman–Crippen LogP) is 2.91. The highest BCUT2D eigenvalue weighted by molar-refractivity contribution is 9.10. The van der Waals surface area contributed by atoms with Crippen molar-refractivity contribution in [2.24, 2.45) is 0 Å². The molecule has 1 aromatic carbocycles. The third kappa shape index (κ3) is 2.43. The number of aromatic nitrogens is 1. The highest BCUT2D eigenvalue weighted by Gasteiger charge is 2.33. The average molecular weight is 339 g/mol. The number of halogens is 1. The average Bonchev–Trinajstić information content (AvgIpc) is 2.83. The minimum absolute atomic E-state index is 0.303. The monoisotopic (exact) mass is 338 g/mol. The smallest absolute Gasteiger partial charge is 0.329 e. The molecule has 1 amide bonds. The van der Waals surface area contributed by atoms with E-state index >= 15 is 0 Å². The van der Waals surface area contributed by atoms with Gasteiger partial charge in [-0.1, -0.05) is 28.9 Å². The zero-order valence-electron chi connectivity index (χ0n) is 11.2. The number of fused-ring (bicyclic) bond motifs is 1. The second-order valence-electron chi connectivity index (χ2n) is 4.81. The molecule has 20 heavy (non-hydrogen) atoms. The molecule has 0 saturated heterocycles. The Bertz CT molecular complexity index is 680. The van der Waals surface area contributed by atoms with Gasteiger partial charge >= 0.3 is 5.97 Å². The van der Waals surface area contributed by atoms with Gasteiger partial charge in [0.05, 0.1) is 5.56 Å². The summed E-state index contributed by atoms with van der Waals surface area (Å²) < 4.78 is 0.787. The van der Waals surface area contributed by atoms with Crippen molar-refractivity contribution in [3.8, 4) is 0 Å². The van der Waals surface area contributed by atoms with Crippen LogP contribution in [0.2, 0.25) is 0 Å². The zero-order chi connectivity index (χ0) is 14.9. The number of carbonyl (C=O) groups excluding carboxylic acids is 1. The molecule has 0 radical (unpaired) electrons. The van der Waals surface area contributed by atoms with Crippen LogP contribution in [0.3, 0.4) is 0 Å². The number of benzene rings is 1. The van der Waals surface area contributed by atoms with E-state index in [0.29, 0.717) is 12.0 Å². The molecule has 1 heterocycles. The van der Waals surface area contributed by atoms with Crippen molar-refractivity contribution in [3.63, 3.8) is 0 Å². The van der Waals surface area contributed by atoms with Crippen molar-refractivity contribution < 1.29 is 14.7 Å². The minimum atomic E-state index is -1.28. The first kappa shape index (κ1) is 14.6. The normalized spacial score (nSPS) is 13.9. The van der Waals surface area contributed by atoms with Gasteiger partial charge < -0.3 is 15.4 Å². The van der Waals surface area contributed by atoms with Crippen molar-refractivity contribution >= 4 is 38.7 Å². The van der Waals surface area contributed by atoms with E-state index in [1.165, 1.54) is 6.92 Å². The third-order valence-corrected chi connectivity index (χ3v) is 4.13. The Hall–Kier alpha value is -1.82. The van der Waals surface area contributed by atoms with Crippen LogP contribution in [0.4, 0.5) is 0 Å². The highest BCUT2D eigenvalue weighted by Crippen LogP contribution is 2.27. The largest absolute Gasteiger partial charge is 0.480 e. The fourth-order valence-corrected chi connectivity index (χ4v) is 2.51. The first-order chi connectivity index (χ1) is 9.39. The first-order valence-electron chi connectivity index (χ1n) is 6.20. The van der Waals surface area contributed by atoms with Crippen molar-refractivity contribution in [1.82, 2.24) is 10.3 Å². The molecular weight excluding hydrogens is 324 g/mol. The van der Waals surface area contributed by atoms with E-state index in [9.17, 15) is 14.7 Å². The van der Waals surface area contributed by atoms with Crippen LogP contribution in [0.15, 0.2) is 28.9 Å². The van der Waals surface area contributed by atoms with E-state index in [2.05, 4.69) is 26.2 Å². The maximum atomic E-state index is 12.3. The molecule has 0 fully saturated rings. The van der Waals surface area contributed by atoms with E-state index in [1.807, 2.05) is 18.2 Å². The second kappa shape index (κ2) is 5.28. The first-order valence-corrected chi connectivity index (χ1v) is 7.00. The Morgan fingerprint density at radius 2 is 2.15 bits per heavy atom. The topological polar surface area (TPSA) is 82.2 Å². The van der Waals surface area contributed by atoms with Gasteiger partial charge in [0.25, 0.3) is 5.91 Å². The molecule has 0 saturated carbocycles. The Morgan fingerprint density at radius 3 is 2.75 bits per heavy atom. The summed E-state index contributed by atoms with van der Waals surface area (Å²) in [6.45, 7) is 3.22. The highest BCUT2D eigenvalue weighted by atomic mass is 79.9. The SMILES string of the molecule is CCC(C)(NC(=O)c1c[nH]c2cccc(Br)c12)C(=O)O. The van der Waals surface area contributed by atoms with Crippen LogP contribution in [0.5, 0.6) is 0 Å². The number of hydrogen-bond acceptors (Lipinski definition) is 2. The Kier molecular flexibility index (Phi) is 3.85. The van der Waals surface area contributed by atoms with Crippen LogP contribution in [0, 0.1) is 0 Å². The van der Waals surface area contributed by atoms with Crippen LogP contribution < -0.4 is 5.32 Å². The molecule has 6 heteroatoms. The van der Waals surface area contributed by atoms with Crippen molar-refractivity contribution in [2.75, 3.05) is 0 Å². The Labute approximate surface area is 124 Å². The molecule has 0 aliphatic heterocycles. The molecule has 1 unspecified atom stereocenters. The van der Waals surface area contributed by atoms with Gasteiger partial charge in [0.15, 0.2) is 0 Å². The van der Waals surface area contributed by atoms with E-state index in [0.717, 1.165) is 15.4 Å². The van der Waals surface area contributed by atoms with Gasteiger partial charge in [0.2, 0.25) is 0 Å². The number of amides is 1. The number of rotatable bonds is 4. The molecule has 106 valence electrons. The molecule has 1 aromatic heterocycles. The lowest BCUT2D eigenvalue weighted by Crippen LogP contribution is -2.51. The van der Waals surface area contributed by atoms with Crippen LogP contribution >= 0.6 is 15.9 Å². The summed E-state index contributed by atoms with van der Waals surface area (Å²) in [6, 6.07) is 5.55. The summed E-state index contributed by atoms with van der Waals surface area (Å²) in [5, 5.41) is 12.5. The summed E-state index contributed by atoms with van der Waals surface area (Å²) in [6.07, 6.45) is 1.89. The van der Waals surface area contributed by atoms with Crippen molar-refractivity contribution in [1.29, 1.82) is 0 Å². The lowest BCUT2D eigenvalue weighted by Gasteiger charge is -2.24. The van der Waals surface area contributed by atoms with Gasteiger partial charge in [0.1, 0.15) is 5.54 Å². The summed E-state index contributed by atoms with van der Waals surface area (Å²) in [4.78, 5) is 26.6. The standard InChI is InChI=1S/C14H15BrN2O3/c1-3-14(2,13(19)20)17-12(18)8-7-16-10-6-4-5-9(15)11(8)10/h4-7,16H,3H2,1-2H3,(H,17,18)(H,19,20). The number of aromatic amines is 1. The number of carboxylic acid groups (broad SMARTS) is 1. The van der Waals surface area contributed by atoms with Crippen LogP contribution in [0.1, 0.15) is 30.6 Å². The van der Waals surface area contributed by atoms with Crippen molar-refractivity contribution in [2.45, 2.75) is 25.8 Å². The van der Waals surface area contributed by atoms with E-state index in [1.54, 1.807) is 13.1 Å². The lowest BCUT2D eigenvalue weighted by atomic mass is 9.98. The van der Waals surface area contributed by atoms with Gasteiger partial charge in [-0.15, -0.1) is 0 Å². The molecule has 0 bridgehead atoms. The predicted molar refractivity (Wildman–Crippen MR) is 79.8 cm³/mol. The van der Waals surface area contributed by atoms with Gasteiger partial charge in [-0.05, 0) is 25.5 Å². The number of H-pyrrole nitrogens is 1. The van der Waals surface area contributed by atoms with Gasteiger partial charge in [0, 0.05) is 21.6 Å². The number of hydrogen-bond donors (Lipinski definition) is 3. The van der Waals surface area contributed by atoms with Crippen LogP contribution in [-0.2, 0) is 4.79 Å². The number of aliphatic carboxylic acids is 1. The summed E-state index contributed by atoms with van der Waals surface area (Å²) in [5.74, 6) is -1.46. The number of nitrogens with one attached hydrogen (secondary N) is 2. The zero-order valence-corrected chi connectivity index (χ0v) is 12.7. The van der Waals surface area contributed by atoms with Crippen LogP contribution in [-0.4, -0.2) is 27.5 Å². The summed E-state index contributed by atoms with van der Waals surface area (Å²) in [7, 11) is 0. The van der Waals surface area contributed by atoms with E-state index in [-0.39, 0.29) is 0 Å². The fourth-order valence-electron chi connectivity index (χ4n) is 1.93. The second-order valence-corrected chi connectivity index (χ2v) is 5.66. The molecule has 0 spiro atoms. The van der Waals surface area contributed by atoms with E-state index in [4.69, 9.17) is 0 Å². The number of carbonyl (C=O) groups is 2. The fraction of sp³-hybridized carbons (Fsp3) is 0.286. The maximum Gasteiger partial charge on any atom is 0.329 e. The molecule has 2 aromatic rings. The molecule has 3 N–H and O–H groups in total. The minimum Gasteiger partial charge on any atom is -0.480 e. The number of carboxylic acids is 1. The summed E-state index contributed by atoms with van der Waals surface area (Å²) >= 11 is 3.40. The molecule has 2 rings (SSSR count). The van der Waals surface area contributed by atoms with Gasteiger partial charge in [-0.3, -0.25) is 4.79 Å². The summed E-state index contributed by atoms with van der Waals surface area (Å²) in [5.41, 5.74) is -0.0338. The maximum absolute atomic E-state index is 12.3. The van der Waals surface area contributed by atoms with Crippen LogP contribution in [0.25, 0.3) is 10.9 Å². The molecule has 5 nitrogen and oxygen atoms in total.